The second kappa shape index (κ2) is 9.67. The van der Waals surface area contributed by atoms with Crippen molar-refractivity contribution in [3.05, 3.63) is 46.6 Å². The van der Waals surface area contributed by atoms with Gasteiger partial charge >= 0.3 is 6.18 Å². The number of amides is 1. The van der Waals surface area contributed by atoms with Crippen LogP contribution in [0.4, 0.5) is 24.9 Å². The van der Waals surface area contributed by atoms with Crippen LogP contribution in [-0.4, -0.2) is 60.4 Å². The number of benzene rings is 1. The number of halogens is 4. The molecule has 1 atom stereocenters. The van der Waals surface area contributed by atoms with Gasteiger partial charge in [-0.3, -0.25) is 4.79 Å². The van der Waals surface area contributed by atoms with E-state index < -0.39 is 18.4 Å². The number of ether oxygens (including phenoxy) is 1. The Labute approximate surface area is 198 Å². The third kappa shape index (κ3) is 5.53. The largest absolute Gasteiger partial charge is 0.422 e. The topological polar surface area (TPSA) is 92.5 Å². The van der Waals surface area contributed by atoms with Gasteiger partial charge in [0.2, 0.25) is 5.65 Å². The summed E-state index contributed by atoms with van der Waals surface area (Å²) in [5, 5.41) is 5.99. The van der Waals surface area contributed by atoms with Crippen LogP contribution in [0.3, 0.4) is 0 Å². The number of anilines is 2. The lowest BCUT2D eigenvalue weighted by molar-refractivity contribution is -0.228. The molecule has 3 aromatic rings. The first-order valence-electron chi connectivity index (χ1n) is 10.6. The molecule has 8 nitrogen and oxygen atoms in total. The van der Waals surface area contributed by atoms with Crippen LogP contribution >= 0.6 is 11.6 Å². The molecule has 0 spiro atoms. The van der Waals surface area contributed by atoms with Gasteiger partial charge in [0.25, 0.3) is 11.9 Å². The fourth-order valence-electron chi connectivity index (χ4n) is 3.42. The molecule has 1 aromatic carbocycles. The van der Waals surface area contributed by atoms with Gasteiger partial charge < -0.3 is 24.7 Å². The predicted octanol–water partition coefficient (Wildman–Crippen LogP) is 4.18. The van der Waals surface area contributed by atoms with Gasteiger partial charge in [0.05, 0.1) is 16.7 Å². The average molecular weight is 498 g/mol. The molecule has 0 saturated carbocycles. The molecule has 2 N–H and O–H groups in total. The van der Waals surface area contributed by atoms with Crippen molar-refractivity contribution >= 4 is 40.4 Å². The number of nitrogens with one attached hydrogen (secondary N) is 2. The monoisotopic (exact) mass is 497 g/mol. The molecular weight excluding hydrogens is 475 g/mol. The number of rotatable bonds is 8. The molecule has 0 radical (unpaired) electrons. The number of hydrogen-bond donors (Lipinski definition) is 2. The Bertz CT molecular complexity index is 1180. The Balaban J connectivity index is 1.24. The number of aromatic nitrogens is 2. The molecule has 1 fully saturated rings. The van der Waals surface area contributed by atoms with E-state index in [4.69, 9.17) is 20.8 Å². The van der Waals surface area contributed by atoms with Crippen LogP contribution in [-0.2, 0) is 4.74 Å². The lowest BCUT2D eigenvalue weighted by Crippen LogP contribution is -2.54. The summed E-state index contributed by atoms with van der Waals surface area (Å²) in [6.07, 6.45) is -6.70. The molecule has 12 heteroatoms. The number of carbonyl (C=O) groups is 1. The van der Waals surface area contributed by atoms with Crippen molar-refractivity contribution in [2.75, 3.05) is 36.4 Å². The number of alkyl halides is 3. The van der Waals surface area contributed by atoms with E-state index in [1.807, 2.05) is 17.9 Å². The van der Waals surface area contributed by atoms with Gasteiger partial charge in [0.1, 0.15) is 0 Å². The summed E-state index contributed by atoms with van der Waals surface area (Å²) in [5.74, 6) is -0.350. The van der Waals surface area contributed by atoms with E-state index in [9.17, 15) is 18.0 Å². The zero-order chi connectivity index (χ0) is 24.5. The number of oxazole rings is 1. The van der Waals surface area contributed by atoms with Gasteiger partial charge in [0.15, 0.2) is 11.7 Å². The van der Waals surface area contributed by atoms with Crippen LogP contribution in [0.1, 0.15) is 23.0 Å². The van der Waals surface area contributed by atoms with Crippen molar-refractivity contribution in [2.24, 2.45) is 0 Å². The molecule has 1 aliphatic heterocycles. The van der Waals surface area contributed by atoms with Gasteiger partial charge in [-0.2, -0.15) is 18.2 Å². The van der Waals surface area contributed by atoms with Crippen LogP contribution in [0.25, 0.3) is 11.2 Å². The first kappa shape index (κ1) is 24.1. The third-order valence-corrected chi connectivity index (χ3v) is 5.66. The molecule has 1 saturated heterocycles. The molecule has 3 heterocycles. The summed E-state index contributed by atoms with van der Waals surface area (Å²) in [6.45, 7) is 4.16. The zero-order valence-corrected chi connectivity index (χ0v) is 19.2. The first-order chi connectivity index (χ1) is 16.1. The van der Waals surface area contributed by atoms with E-state index in [-0.39, 0.29) is 10.9 Å². The second-order valence-corrected chi connectivity index (χ2v) is 8.39. The summed E-state index contributed by atoms with van der Waals surface area (Å²) in [6, 6.07) is 8.84. The van der Waals surface area contributed by atoms with Crippen LogP contribution in [0.15, 0.2) is 34.7 Å². The molecule has 1 amide bonds. The van der Waals surface area contributed by atoms with Crippen LogP contribution in [0.5, 0.6) is 0 Å². The maximum absolute atomic E-state index is 12.6. The van der Waals surface area contributed by atoms with Crippen molar-refractivity contribution < 1.29 is 27.1 Å². The second-order valence-electron chi connectivity index (χ2n) is 7.99. The SMILES string of the molecule is Cc1ccc2oc(NCCNC(=O)c3ccc(N4CC(OC(C)C(F)(F)F)C4)cc3Cl)nc2n1. The average Bonchev–Trinajstić information content (AvgIpc) is 3.14. The van der Waals surface area contributed by atoms with Crippen LogP contribution in [0.2, 0.25) is 5.02 Å². The molecule has 34 heavy (non-hydrogen) atoms. The smallest absolute Gasteiger partial charge is 0.414 e. The quantitative estimate of drug-likeness (QED) is 0.451. The van der Waals surface area contributed by atoms with E-state index in [1.54, 1.807) is 24.3 Å². The van der Waals surface area contributed by atoms with E-state index in [0.717, 1.165) is 12.6 Å². The highest BCUT2D eigenvalue weighted by molar-refractivity contribution is 6.34. The van der Waals surface area contributed by atoms with Crippen LogP contribution in [0, 0.1) is 6.92 Å². The predicted molar refractivity (Wildman–Crippen MR) is 121 cm³/mol. The number of nitrogens with zero attached hydrogens (tertiary/aromatic N) is 3. The zero-order valence-electron chi connectivity index (χ0n) is 18.4. The van der Waals surface area contributed by atoms with Gasteiger partial charge in [0, 0.05) is 37.6 Å². The minimum Gasteiger partial charge on any atom is -0.422 e. The summed E-state index contributed by atoms with van der Waals surface area (Å²) in [5.41, 5.74) is 2.92. The summed E-state index contributed by atoms with van der Waals surface area (Å²) in [4.78, 5) is 22.8. The number of hydrogen-bond acceptors (Lipinski definition) is 7. The number of carbonyl (C=O) groups excluding carboxylic acids is 1. The number of fused-ring (bicyclic) bond motifs is 1. The highest BCUT2D eigenvalue weighted by Crippen LogP contribution is 2.30. The maximum atomic E-state index is 12.6. The van der Waals surface area contributed by atoms with Gasteiger partial charge in [-0.05, 0) is 44.2 Å². The highest BCUT2D eigenvalue weighted by Gasteiger charge is 2.41. The van der Waals surface area contributed by atoms with E-state index in [2.05, 4.69) is 20.6 Å². The lowest BCUT2D eigenvalue weighted by atomic mass is 10.1. The van der Waals surface area contributed by atoms with Gasteiger partial charge in [-0.25, -0.2) is 4.98 Å². The van der Waals surface area contributed by atoms with Crippen molar-refractivity contribution in [1.82, 2.24) is 15.3 Å². The van der Waals surface area contributed by atoms with Gasteiger partial charge in [-0.1, -0.05) is 11.6 Å². The summed E-state index contributed by atoms with van der Waals surface area (Å²) in [7, 11) is 0. The van der Waals surface area contributed by atoms with Crippen molar-refractivity contribution in [3.63, 3.8) is 0 Å². The number of pyridine rings is 1. The van der Waals surface area contributed by atoms with E-state index >= 15 is 0 Å². The highest BCUT2D eigenvalue weighted by atomic mass is 35.5. The molecular formula is C22H23ClF3N5O3. The Morgan fingerprint density at radius 2 is 2.03 bits per heavy atom. The molecule has 4 rings (SSSR count). The maximum Gasteiger partial charge on any atom is 0.414 e. The van der Waals surface area contributed by atoms with Crippen molar-refractivity contribution in [2.45, 2.75) is 32.2 Å². The normalized spacial score (nSPS) is 15.3. The van der Waals surface area contributed by atoms with Gasteiger partial charge in [-0.15, -0.1) is 0 Å². The van der Waals surface area contributed by atoms with Crippen molar-refractivity contribution in [3.8, 4) is 0 Å². The minimum atomic E-state index is -4.38. The fraction of sp³-hybridized carbons (Fsp3) is 0.409. The summed E-state index contributed by atoms with van der Waals surface area (Å²) < 4.78 is 48.4. The lowest BCUT2D eigenvalue weighted by Gasteiger charge is -2.42. The Kier molecular flexibility index (Phi) is 6.85. The molecule has 1 unspecified atom stereocenters. The fourth-order valence-corrected chi connectivity index (χ4v) is 3.68. The molecule has 1 aliphatic rings. The Morgan fingerprint density at radius 3 is 2.74 bits per heavy atom. The molecule has 182 valence electrons. The molecule has 2 aromatic heterocycles. The van der Waals surface area contributed by atoms with Crippen molar-refractivity contribution in [1.29, 1.82) is 0 Å². The Hall–Kier alpha value is -3.05. The summed E-state index contributed by atoms with van der Waals surface area (Å²) >= 11 is 6.28. The standard InChI is InChI=1S/C22H23ClF3N5O3/c1-12-3-6-18-19(29-12)30-21(34-18)28-8-7-27-20(32)16-5-4-14(9-17(16)23)31-10-15(11-31)33-13(2)22(24,25)26/h3-6,9,13,15H,7-8,10-11H2,1-2H3,(H,27,32)(H,28,29,30). The Morgan fingerprint density at radius 1 is 1.26 bits per heavy atom. The van der Waals surface area contributed by atoms with E-state index in [0.29, 0.717) is 54.7 Å². The number of aryl methyl sites for hydroxylation is 1. The van der Waals surface area contributed by atoms with E-state index in [1.165, 1.54) is 0 Å². The van der Waals surface area contributed by atoms with Crippen LogP contribution < -0.4 is 15.5 Å². The molecule has 0 bridgehead atoms. The molecule has 0 aliphatic carbocycles. The first-order valence-corrected chi connectivity index (χ1v) is 11.0. The minimum absolute atomic E-state index is 0.247. The third-order valence-electron chi connectivity index (χ3n) is 5.35.